The maximum atomic E-state index is 11.7. The number of carbonyl (C=O) groups is 1. The zero-order valence-corrected chi connectivity index (χ0v) is 11.6. The smallest absolute Gasteiger partial charge is 0.317 e. The van der Waals surface area contributed by atoms with Crippen molar-refractivity contribution in [3.05, 3.63) is 29.8 Å². The van der Waals surface area contributed by atoms with Gasteiger partial charge in [-0.3, -0.25) is 0 Å². The molecule has 106 valence electrons. The Balaban J connectivity index is 1.82. The largest absolute Gasteiger partial charge is 0.490 e. The quantitative estimate of drug-likeness (QED) is 0.917. The molecule has 1 heterocycles. The van der Waals surface area contributed by atoms with E-state index in [-0.39, 0.29) is 12.1 Å². The van der Waals surface area contributed by atoms with E-state index in [0.29, 0.717) is 25.2 Å². The molecule has 20 heavy (non-hydrogen) atoms. The van der Waals surface area contributed by atoms with Crippen molar-refractivity contribution < 1.29 is 9.53 Å². The predicted molar refractivity (Wildman–Crippen MR) is 75.5 cm³/mol. The van der Waals surface area contributed by atoms with Crippen LogP contribution < -0.4 is 10.1 Å². The number of piperidine rings is 1. The molecule has 0 aromatic heterocycles. The van der Waals surface area contributed by atoms with Gasteiger partial charge in [-0.25, -0.2) is 4.79 Å². The van der Waals surface area contributed by atoms with Crippen LogP contribution in [0.3, 0.4) is 0 Å². The van der Waals surface area contributed by atoms with Crippen molar-refractivity contribution in [2.45, 2.75) is 25.9 Å². The van der Waals surface area contributed by atoms with Crippen LogP contribution >= 0.6 is 0 Å². The van der Waals surface area contributed by atoms with E-state index >= 15 is 0 Å². The first-order valence-corrected chi connectivity index (χ1v) is 6.92. The van der Waals surface area contributed by atoms with Crippen LogP contribution in [0.15, 0.2) is 24.3 Å². The number of benzene rings is 1. The molecule has 1 saturated heterocycles. The highest BCUT2D eigenvalue weighted by Crippen LogP contribution is 2.19. The van der Waals surface area contributed by atoms with Crippen molar-refractivity contribution in [2.24, 2.45) is 0 Å². The van der Waals surface area contributed by atoms with Crippen molar-refractivity contribution in [1.82, 2.24) is 10.2 Å². The fourth-order valence-electron chi connectivity index (χ4n) is 2.24. The average molecular weight is 273 g/mol. The highest BCUT2D eigenvalue weighted by Gasteiger charge is 2.23. The Bertz CT molecular complexity index is 485. The number of nitrogens with zero attached hydrogens (tertiary/aromatic N) is 2. The second-order valence-corrected chi connectivity index (χ2v) is 4.78. The van der Waals surface area contributed by atoms with Crippen LogP contribution in [0.25, 0.3) is 0 Å². The Labute approximate surface area is 119 Å². The lowest BCUT2D eigenvalue weighted by molar-refractivity contribution is 0.111. The van der Waals surface area contributed by atoms with Gasteiger partial charge in [-0.2, -0.15) is 5.26 Å². The molecular weight excluding hydrogens is 254 g/mol. The minimum atomic E-state index is 0.00400. The molecule has 2 amide bonds. The zero-order valence-electron chi connectivity index (χ0n) is 11.6. The van der Waals surface area contributed by atoms with Crippen LogP contribution in [0.1, 0.15) is 25.3 Å². The third-order valence-electron chi connectivity index (χ3n) is 3.34. The van der Waals surface area contributed by atoms with Gasteiger partial charge in [-0.15, -0.1) is 0 Å². The number of nitrogens with one attached hydrogen (secondary N) is 1. The molecule has 0 bridgehead atoms. The van der Waals surface area contributed by atoms with E-state index in [1.165, 1.54) is 0 Å². The molecular formula is C15H19N3O2. The molecule has 0 radical (unpaired) electrons. The van der Waals surface area contributed by atoms with Crippen molar-refractivity contribution >= 4 is 6.03 Å². The van der Waals surface area contributed by atoms with Gasteiger partial charge in [0.2, 0.25) is 0 Å². The number of amides is 2. The SMILES string of the molecule is CCNC(=O)N1CCC(Oc2ccc(C#N)cc2)CC1. The molecule has 0 atom stereocenters. The predicted octanol–water partition coefficient (Wildman–Crippen LogP) is 2.13. The van der Waals surface area contributed by atoms with Crippen LogP contribution in [0.5, 0.6) is 5.75 Å². The van der Waals surface area contributed by atoms with Gasteiger partial charge in [-0.05, 0) is 31.2 Å². The van der Waals surface area contributed by atoms with E-state index in [1.54, 1.807) is 12.1 Å². The molecule has 2 rings (SSSR count). The summed E-state index contributed by atoms with van der Waals surface area (Å²) < 4.78 is 5.88. The first-order chi connectivity index (χ1) is 9.72. The summed E-state index contributed by atoms with van der Waals surface area (Å²) in [6.07, 6.45) is 1.79. The van der Waals surface area contributed by atoms with Gasteiger partial charge in [0.15, 0.2) is 0 Å². The van der Waals surface area contributed by atoms with Gasteiger partial charge < -0.3 is 15.0 Å². The van der Waals surface area contributed by atoms with Crippen molar-refractivity contribution in [1.29, 1.82) is 5.26 Å². The minimum Gasteiger partial charge on any atom is -0.490 e. The summed E-state index contributed by atoms with van der Waals surface area (Å²) in [7, 11) is 0. The van der Waals surface area contributed by atoms with Crippen LogP contribution in [-0.4, -0.2) is 36.7 Å². The highest BCUT2D eigenvalue weighted by molar-refractivity contribution is 5.74. The monoisotopic (exact) mass is 273 g/mol. The molecule has 1 aliphatic rings. The summed E-state index contributed by atoms with van der Waals surface area (Å²) in [5.41, 5.74) is 0.628. The van der Waals surface area contributed by atoms with Gasteiger partial charge in [0, 0.05) is 32.5 Å². The number of hydrogen-bond donors (Lipinski definition) is 1. The molecule has 1 aliphatic heterocycles. The Morgan fingerprint density at radius 2 is 2.05 bits per heavy atom. The summed E-state index contributed by atoms with van der Waals surface area (Å²) in [5.74, 6) is 0.778. The number of ether oxygens (including phenoxy) is 1. The Morgan fingerprint density at radius 1 is 1.40 bits per heavy atom. The molecule has 0 unspecified atom stereocenters. The van der Waals surface area contributed by atoms with E-state index in [0.717, 1.165) is 18.6 Å². The van der Waals surface area contributed by atoms with Crippen LogP contribution in [0.4, 0.5) is 4.79 Å². The number of hydrogen-bond acceptors (Lipinski definition) is 3. The van der Waals surface area contributed by atoms with Gasteiger partial charge >= 0.3 is 6.03 Å². The van der Waals surface area contributed by atoms with Crippen LogP contribution in [0, 0.1) is 11.3 Å². The number of nitriles is 1. The maximum absolute atomic E-state index is 11.7. The number of likely N-dealkylation sites (tertiary alicyclic amines) is 1. The molecule has 1 aromatic rings. The number of carbonyl (C=O) groups excluding carboxylic acids is 1. The zero-order chi connectivity index (χ0) is 14.4. The summed E-state index contributed by atoms with van der Waals surface area (Å²) in [5, 5.41) is 11.5. The lowest BCUT2D eigenvalue weighted by Crippen LogP contribution is -2.46. The van der Waals surface area contributed by atoms with Crippen molar-refractivity contribution in [3.8, 4) is 11.8 Å². The topological polar surface area (TPSA) is 65.4 Å². The summed E-state index contributed by atoms with van der Waals surface area (Å²) in [6.45, 7) is 4.00. The molecule has 5 heteroatoms. The molecule has 1 N–H and O–H groups in total. The lowest BCUT2D eigenvalue weighted by Gasteiger charge is -2.32. The summed E-state index contributed by atoms with van der Waals surface area (Å²) >= 11 is 0. The van der Waals surface area contributed by atoms with Crippen LogP contribution in [-0.2, 0) is 0 Å². The third kappa shape index (κ3) is 3.64. The van der Waals surface area contributed by atoms with Gasteiger partial charge in [0.1, 0.15) is 11.9 Å². The van der Waals surface area contributed by atoms with E-state index in [1.807, 2.05) is 24.0 Å². The number of urea groups is 1. The Hall–Kier alpha value is -2.22. The lowest BCUT2D eigenvalue weighted by atomic mass is 10.1. The average Bonchev–Trinajstić information content (AvgIpc) is 2.49. The van der Waals surface area contributed by atoms with Gasteiger partial charge in [0.25, 0.3) is 0 Å². The van der Waals surface area contributed by atoms with Gasteiger partial charge in [-0.1, -0.05) is 0 Å². The number of rotatable bonds is 3. The first kappa shape index (κ1) is 14.2. The minimum absolute atomic E-state index is 0.00400. The Morgan fingerprint density at radius 3 is 2.60 bits per heavy atom. The summed E-state index contributed by atoms with van der Waals surface area (Å²) in [6, 6.07) is 9.21. The first-order valence-electron chi connectivity index (χ1n) is 6.92. The molecule has 0 aliphatic carbocycles. The molecule has 0 spiro atoms. The normalized spacial score (nSPS) is 15.5. The third-order valence-corrected chi connectivity index (χ3v) is 3.34. The highest BCUT2D eigenvalue weighted by atomic mass is 16.5. The van der Waals surface area contributed by atoms with E-state index in [9.17, 15) is 4.79 Å². The fraction of sp³-hybridized carbons (Fsp3) is 0.467. The fourth-order valence-corrected chi connectivity index (χ4v) is 2.24. The van der Waals surface area contributed by atoms with Gasteiger partial charge in [0.05, 0.1) is 11.6 Å². The standard InChI is InChI=1S/C15H19N3O2/c1-2-17-15(19)18-9-7-14(8-10-18)20-13-5-3-12(11-16)4-6-13/h3-6,14H,2,7-10H2,1H3,(H,17,19). The second-order valence-electron chi connectivity index (χ2n) is 4.78. The summed E-state index contributed by atoms with van der Waals surface area (Å²) in [4.78, 5) is 13.5. The molecule has 1 aromatic carbocycles. The maximum Gasteiger partial charge on any atom is 0.317 e. The molecule has 5 nitrogen and oxygen atoms in total. The van der Waals surface area contributed by atoms with Crippen LogP contribution in [0.2, 0.25) is 0 Å². The van der Waals surface area contributed by atoms with E-state index < -0.39 is 0 Å². The van der Waals surface area contributed by atoms with Crippen molar-refractivity contribution in [3.63, 3.8) is 0 Å². The van der Waals surface area contributed by atoms with E-state index in [4.69, 9.17) is 10.00 Å². The van der Waals surface area contributed by atoms with E-state index in [2.05, 4.69) is 11.4 Å². The second kappa shape index (κ2) is 6.80. The molecule has 0 saturated carbocycles. The Kier molecular flexibility index (Phi) is 4.83. The molecule has 1 fully saturated rings. The van der Waals surface area contributed by atoms with Crippen molar-refractivity contribution in [2.75, 3.05) is 19.6 Å².